The normalized spacial score (nSPS) is 23.5. The Kier molecular flexibility index (Phi) is 5.30. The number of nitrogens with one attached hydrogen (secondary N) is 2. The summed E-state index contributed by atoms with van der Waals surface area (Å²) in [5.41, 5.74) is 0.857. The number of carboxylic acids is 1. The lowest BCUT2D eigenvalue weighted by Gasteiger charge is -2.28. The second-order valence-corrected chi connectivity index (χ2v) is 7.65. The Balaban J connectivity index is 2.02. The second-order valence-electron chi connectivity index (χ2n) is 5.98. The molecular weight excluding hydrogens is 316 g/mol. The highest BCUT2D eigenvalue weighted by Gasteiger charge is 2.42. The number of amides is 2. The van der Waals surface area contributed by atoms with Crippen molar-refractivity contribution in [3.05, 3.63) is 35.9 Å². The van der Waals surface area contributed by atoms with Crippen LogP contribution in [-0.2, 0) is 20.8 Å². The second kappa shape index (κ2) is 7.04. The van der Waals surface area contributed by atoms with E-state index in [9.17, 15) is 19.5 Å². The molecule has 0 spiro atoms. The number of carbonyl (C=O) groups excluding carboxylic acids is 2. The summed E-state index contributed by atoms with van der Waals surface area (Å²) in [5, 5.41) is 14.5. The van der Waals surface area contributed by atoms with Crippen LogP contribution in [0.2, 0.25) is 0 Å². The molecule has 7 heteroatoms. The third-order valence-corrected chi connectivity index (χ3v) is 5.19. The number of hydrogen-bond acceptors (Lipinski definition) is 4. The van der Waals surface area contributed by atoms with E-state index in [0.29, 0.717) is 5.75 Å². The molecule has 0 unspecified atom stereocenters. The Hall–Kier alpha value is -2.02. The van der Waals surface area contributed by atoms with E-state index in [-0.39, 0.29) is 12.3 Å². The van der Waals surface area contributed by atoms with Crippen molar-refractivity contribution in [2.45, 2.75) is 37.1 Å². The van der Waals surface area contributed by atoms with Crippen LogP contribution in [0.25, 0.3) is 0 Å². The molecule has 0 bridgehead atoms. The summed E-state index contributed by atoms with van der Waals surface area (Å²) in [4.78, 5) is 35.6. The van der Waals surface area contributed by atoms with Crippen molar-refractivity contribution in [1.29, 1.82) is 0 Å². The van der Waals surface area contributed by atoms with Gasteiger partial charge in [-0.15, -0.1) is 0 Å². The van der Waals surface area contributed by atoms with Gasteiger partial charge in [0, 0.05) is 10.5 Å². The lowest BCUT2D eigenvalue weighted by molar-refractivity contribution is -0.142. The monoisotopic (exact) mass is 336 g/mol. The molecule has 1 aliphatic rings. The molecule has 0 saturated carbocycles. The van der Waals surface area contributed by atoms with Gasteiger partial charge in [0.05, 0.1) is 6.42 Å². The van der Waals surface area contributed by atoms with Crippen LogP contribution >= 0.6 is 11.8 Å². The summed E-state index contributed by atoms with van der Waals surface area (Å²) in [7, 11) is 0. The summed E-state index contributed by atoms with van der Waals surface area (Å²) >= 11 is 1.36. The summed E-state index contributed by atoms with van der Waals surface area (Å²) in [6, 6.07) is 7.50. The van der Waals surface area contributed by atoms with Gasteiger partial charge < -0.3 is 15.7 Å². The largest absolute Gasteiger partial charge is 0.480 e. The number of carboxylic acid groups (broad SMARTS) is 1. The average Bonchev–Trinajstić information content (AvgIpc) is 2.59. The maximum Gasteiger partial charge on any atom is 0.327 e. The number of rotatable bonds is 4. The highest BCUT2D eigenvalue weighted by Crippen LogP contribution is 2.31. The number of aliphatic carboxylic acids is 1. The molecule has 23 heavy (non-hydrogen) atoms. The van der Waals surface area contributed by atoms with Crippen molar-refractivity contribution in [2.24, 2.45) is 0 Å². The average molecular weight is 336 g/mol. The van der Waals surface area contributed by atoms with E-state index < -0.39 is 28.7 Å². The van der Waals surface area contributed by atoms with E-state index in [0.717, 1.165) is 5.56 Å². The lowest BCUT2D eigenvalue weighted by atomic mass is 10.0. The van der Waals surface area contributed by atoms with Crippen molar-refractivity contribution in [3.8, 4) is 0 Å². The van der Waals surface area contributed by atoms with Gasteiger partial charge in [-0.2, -0.15) is 11.8 Å². The highest BCUT2D eigenvalue weighted by atomic mass is 32.2. The van der Waals surface area contributed by atoms with E-state index in [1.165, 1.54) is 11.8 Å². The molecule has 1 aromatic carbocycles. The van der Waals surface area contributed by atoms with Gasteiger partial charge in [0.15, 0.2) is 0 Å². The molecule has 0 radical (unpaired) electrons. The van der Waals surface area contributed by atoms with Crippen molar-refractivity contribution in [3.63, 3.8) is 0 Å². The first-order valence-electron chi connectivity index (χ1n) is 7.30. The summed E-state index contributed by atoms with van der Waals surface area (Å²) in [5.74, 6) is -1.46. The van der Waals surface area contributed by atoms with E-state index in [2.05, 4.69) is 10.6 Å². The smallest absolute Gasteiger partial charge is 0.327 e. The van der Waals surface area contributed by atoms with Crippen LogP contribution in [0.4, 0.5) is 0 Å². The van der Waals surface area contributed by atoms with Crippen molar-refractivity contribution in [1.82, 2.24) is 10.6 Å². The predicted octanol–water partition coefficient (Wildman–Crippen LogP) is 0.809. The minimum Gasteiger partial charge on any atom is -0.480 e. The molecule has 2 atom stereocenters. The highest BCUT2D eigenvalue weighted by molar-refractivity contribution is 8.00. The van der Waals surface area contributed by atoms with Crippen LogP contribution in [0.5, 0.6) is 0 Å². The maximum atomic E-state index is 12.2. The molecule has 1 heterocycles. The molecule has 124 valence electrons. The van der Waals surface area contributed by atoms with E-state index in [1.807, 2.05) is 30.3 Å². The lowest BCUT2D eigenvalue weighted by Crippen LogP contribution is -2.54. The fraction of sp³-hybridized carbons (Fsp3) is 0.438. The van der Waals surface area contributed by atoms with Crippen molar-refractivity contribution >= 4 is 29.5 Å². The van der Waals surface area contributed by atoms with Crippen molar-refractivity contribution in [2.75, 3.05) is 5.75 Å². The van der Waals surface area contributed by atoms with Crippen LogP contribution in [0.15, 0.2) is 30.3 Å². The predicted molar refractivity (Wildman–Crippen MR) is 88.2 cm³/mol. The molecule has 6 nitrogen and oxygen atoms in total. The Morgan fingerprint density at radius 1 is 1.35 bits per heavy atom. The molecule has 0 aromatic heterocycles. The molecular formula is C16H20N2O4S. The molecule has 2 rings (SSSR count). The fourth-order valence-corrected chi connectivity index (χ4v) is 3.52. The Bertz CT molecular complexity index is 603. The fourth-order valence-electron chi connectivity index (χ4n) is 2.37. The van der Waals surface area contributed by atoms with Gasteiger partial charge in [-0.25, -0.2) is 4.79 Å². The number of benzene rings is 1. The molecule has 1 aliphatic heterocycles. The Morgan fingerprint density at radius 3 is 2.61 bits per heavy atom. The van der Waals surface area contributed by atoms with Crippen LogP contribution in [-0.4, -0.2) is 45.5 Å². The van der Waals surface area contributed by atoms with Gasteiger partial charge in [-0.3, -0.25) is 9.59 Å². The van der Waals surface area contributed by atoms with Gasteiger partial charge >= 0.3 is 5.97 Å². The zero-order chi connectivity index (χ0) is 17.0. The topological polar surface area (TPSA) is 95.5 Å². The van der Waals surface area contributed by atoms with Gasteiger partial charge in [-0.1, -0.05) is 30.3 Å². The zero-order valence-electron chi connectivity index (χ0n) is 13.0. The first-order valence-corrected chi connectivity index (χ1v) is 8.28. The Morgan fingerprint density at radius 2 is 2.00 bits per heavy atom. The third kappa shape index (κ3) is 4.48. The first-order chi connectivity index (χ1) is 10.8. The number of thioether (sulfide) groups is 1. The summed E-state index contributed by atoms with van der Waals surface area (Å²) in [6.07, 6.45) is 0.182. The van der Waals surface area contributed by atoms with Gasteiger partial charge in [0.1, 0.15) is 12.1 Å². The van der Waals surface area contributed by atoms with E-state index in [1.54, 1.807) is 13.8 Å². The SMILES string of the molecule is CC1(C)SC[C@@H](NC(=O)Cc2ccccc2)C(=O)N[C@H]1C(=O)O. The minimum absolute atomic E-state index is 0.182. The number of hydrogen-bond donors (Lipinski definition) is 3. The molecule has 1 aromatic rings. The van der Waals surface area contributed by atoms with E-state index >= 15 is 0 Å². The summed E-state index contributed by atoms with van der Waals surface area (Å²) < 4.78 is -0.652. The summed E-state index contributed by atoms with van der Waals surface area (Å²) in [6.45, 7) is 3.54. The van der Waals surface area contributed by atoms with Crippen molar-refractivity contribution < 1.29 is 19.5 Å². The third-order valence-electron chi connectivity index (χ3n) is 3.71. The maximum absolute atomic E-state index is 12.2. The van der Waals surface area contributed by atoms with Gasteiger partial charge in [0.2, 0.25) is 11.8 Å². The minimum atomic E-state index is -1.08. The molecule has 0 aliphatic carbocycles. The molecule has 1 fully saturated rings. The first kappa shape index (κ1) is 17.3. The number of carbonyl (C=O) groups is 3. The van der Waals surface area contributed by atoms with Crippen LogP contribution in [0.1, 0.15) is 19.4 Å². The van der Waals surface area contributed by atoms with Crippen LogP contribution in [0, 0.1) is 0 Å². The van der Waals surface area contributed by atoms with Gasteiger partial charge in [0.25, 0.3) is 0 Å². The zero-order valence-corrected chi connectivity index (χ0v) is 13.9. The van der Waals surface area contributed by atoms with E-state index in [4.69, 9.17) is 0 Å². The standard InChI is InChI=1S/C16H20N2O4S/c1-16(2)13(15(21)22)18-14(20)11(9-23-16)17-12(19)8-10-6-4-3-5-7-10/h3-7,11,13H,8-9H2,1-2H3,(H,17,19)(H,18,20)(H,21,22)/t11-,13+/m1/s1. The quantitative estimate of drug-likeness (QED) is 0.756. The molecule has 1 saturated heterocycles. The Labute approximate surface area is 139 Å². The van der Waals surface area contributed by atoms with Crippen LogP contribution in [0.3, 0.4) is 0 Å². The van der Waals surface area contributed by atoms with Gasteiger partial charge in [-0.05, 0) is 19.4 Å². The molecule has 2 amide bonds. The molecule has 3 N–H and O–H groups in total. The van der Waals surface area contributed by atoms with Crippen LogP contribution < -0.4 is 10.6 Å².